The zero-order valence-electron chi connectivity index (χ0n) is 30.4. The molecule has 0 bridgehead atoms. The number of nitrogens with two attached hydrogens (primary N) is 2. The lowest BCUT2D eigenvalue weighted by Crippen LogP contribution is -2.42. The fourth-order valence-electron chi connectivity index (χ4n) is 6.19. The van der Waals surface area contributed by atoms with Gasteiger partial charge in [0.05, 0.1) is 6.04 Å². The lowest BCUT2D eigenvalue weighted by atomic mass is 9.85. The zero-order valence-corrected chi connectivity index (χ0v) is 30.4. The highest BCUT2D eigenvalue weighted by atomic mass is 16.1. The largest absolute Gasteiger partial charge is 0.330 e. The Kier molecular flexibility index (Phi) is 34.6. The van der Waals surface area contributed by atoms with Gasteiger partial charge in [0.15, 0.2) is 0 Å². The first-order chi connectivity index (χ1) is 22.1. The molecule has 0 fully saturated rings. The van der Waals surface area contributed by atoms with E-state index in [1.807, 2.05) is 0 Å². The van der Waals surface area contributed by atoms with E-state index in [9.17, 15) is 9.59 Å². The molecule has 0 saturated carbocycles. The highest BCUT2D eigenvalue weighted by Crippen LogP contribution is 2.19. The molecule has 0 aromatic carbocycles. The van der Waals surface area contributed by atoms with Crippen LogP contribution in [0.15, 0.2) is 24.3 Å². The van der Waals surface area contributed by atoms with Gasteiger partial charge < -0.3 is 11.5 Å². The summed E-state index contributed by atoms with van der Waals surface area (Å²) in [5.74, 6) is -0.125. The van der Waals surface area contributed by atoms with Gasteiger partial charge >= 0.3 is 0 Å². The lowest BCUT2D eigenvalue weighted by molar-refractivity contribution is -0.129. The standard InChI is InChI=1S/C41H78N2O2/c1-3-5-7-9-11-13-15-17-19-21-23-25-27-29-31-35-39(44)38(34-33-37-42)41(43)40(45)36-32-30-28-26-24-22-20-18-16-14-12-10-8-6-4-2/h17-20,38,41H,3-16,21-37,42-43H2,1-2H3/b19-17-,20-18-. The highest BCUT2D eigenvalue weighted by Gasteiger charge is 2.29. The van der Waals surface area contributed by atoms with Crippen molar-refractivity contribution in [1.29, 1.82) is 0 Å². The van der Waals surface area contributed by atoms with E-state index in [4.69, 9.17) is 11.5 Å². The molecule has 0 rings (SSSR count). The number of rotatable bonds is 36. The van der Waals surface area contributed by atoms with Gasteiger partial charge in [-0.2, -0.15) is 0 Å². The molecule has 45 heavy (non-hydrogen) atoms. The van der Waals surface area contributed by atoms with Gasteiger partial charge in [-0.05, 0) is 83.6 Å². The van der Waals surface area contributed by atoms with Crippen molar-refractivity contribution in [2.45, 2.75) is 213 Å². The predicted octanol–water partition coefficient (Wildman–Crippen LogP) is 11.9. The van der Waals surface area contributed by atoms with E-state index in [0.717, 1.165) is 32.1 Å². The summed E-state index contributed by atoms with van der Waals surface area (Å²) in [6.07, 6.45) is 44.2. The van der Waals surface area contributed by atoms with Gasteiger partial charge in [-0.25, -0.2) is 0 Å². The molecule has 4 N–H and O–H groups in total. The number of ketones is 2. The first-order valence-electron chi connectivity index (χ1n) is 19.9. The third-order valence-corrected chi connectivity index (χ3v) is 9.31. The number of Topliss-reactive ketones (excluding diaryl/α,β-unsaturated/α-hetero) is 2. The maximum absolute atomic E-state index is 13.1. The first kappa shape index (κ1) is 43.7. The van der Waals surface area contributed by atoms with Gasteiger partial charge in [-0.3, -0.25) is 9.59 Å². The maximum Gasteiger partial charge on any atom is 0.150 e. The average Bonchev–Trinajstić information content (AvgIpc) is 3.04. The van der Waals surface area contributed by atoms with Gasteiger partial charge in [-0.1, -0.05) is 141 Å². The molecule has 0 aliphatic rings. The molecule has 0 aliphatic heterocycles. The molecule has 4 heteroatoms. The summed E-state index contributed by atoms with van der Waals surface area (Å²) in [5, 5.41) is 0. The maximum atomic E-state index is 13.1. The van der Waals surface area contributed by atoms with Crippen molar-refractivity contribution in [1.82, 2.24) is 0 Å². The molecule has 0 heterocycles. The minimum Gasteiger partial charge on any atom is -0.330 e. The summed E-state index contributed by atoms with van der Waals surface area (Å²) < 4.78 is 0. The van der Waals surface area contributed by atoms with Crippen LogP contribution in [-0.4, -0.2) is 24.2 Å². The zero-order chi connectivity index (χ0) is 33.1. The number of allylic oxidation sites excluding steroid dienone is 4. The number of hydrogen-bond acceptors (Lipinski definition) is 4. The molecule has 2 unspecified atom stereocenters. The number of hydrogen-bond donors (Lipinski definition) is 2. The quantitative estimate of drug-likeness (QED) is 0.0532. The summed E-state index contributed by atoms with van der Waals surface area (Å²) in [7, 11) is 0. The van der Waals surface area contributed by atoms with Gasteiger partial charge in [-0.15, -0.1) is 0 Å². The molecule has 264 valence electrons. The molecule has 0 aromatic rings. The second kappa shape index (κ2) is 35.6. The van der Waals surface area contributed by atoms with Crippen LogP contribution < -0.4 is 11.5 Å². The fourth-order valence-corrected chi connectivity index (χ4v) is 6.19. The van der Waals surface area contributed by atoms with Crippen LogP contribution in [0.3, 0.4) is 0 Å². The Hall–Kier alpha value is -1.26. The normalized spacial score (nSPS) is 13.2. The van der Waals surface area contributed by atoms with Crippen LogP contribution in [0.2, 0.25) is 0 Å². The predicted molar refractivity (Wildman–Crippen MR) is 199 cm³/mol. The van der Waals surface area contributed by atoms with Crippen LogP contribution in [0.25, 0.3) is 0 Å². The summed E-state index contributed by atoms with van der Waals surface area (Å²) >= 11 is 0. The Morgan fingerprint density at radius 2 is 0.800 bits per heavy atom. The number of carbonyl (C=O) groups is 2. The SMILES string of the molecule is CCCCCCCC/C=C\CCCCCCCC(=O)C(N)C(CCCN)C(=O)CCCCCCC/C=C\CCCCCCCC. The van der Waals surface area contributed by atoms with E-state index in [1.54, 1.807) is 0 Å². The van der Waals surface area contributed by atoms with Crippen molar-refractivity contribution in [3.63, 3.8) is 0 Å². The van der Waals surface area contributed by atoms with Gasteiger partial charge in [0.25, 0.3) is 0 Å². The topological polar surface area (TPSA) is 86.2 Å². The van der Waals surface area contributed by atoms with E-state index in [0.29, 0.717) is 25.8 Å². The van der Waals surface area contributed by atoms with Crippen molar-refractivity contribution in [3.8, 4) is 0 Å². The summed E-state index contributed by atoms with van der Waals surface area (Å²) in [6, 6.07) is -0.663. The third kappa shape index (κ3) is 29.9. The molecule has 0 radical (unpaired) electrons. The third-order valence-electron chi connectivity index (χ3n) is 9.31. The number of carbonyl (C=O) groups excluding carboxylic acids is 2. The van der Waals surface area contributed by atoms with Crippen LogP contribution in [0.1, 0.15) is 206 Å². The van der Waals surface area contributed by atoms with E-state index in [2.05, 4.69) is 38.2 Å². The van der Waals surface area contributed by atoms with Gasteiger partial charge in [0.2, 0.25) is 0 Å². The molecule has 4 nitrogen and oxygen atoms in total. The highest BCUT2D eigenvalue weighted by molar-refractivity contribution is 5.92. The summed E-state index contributed by atoms with van der Waals surface area (Å²) in [4.78, 5) is 25.9. The Morgan fingerprint density at radius 1 is 0.467 bits per heavy atom. The van der Waals surface area contributed by atoms with Crippen molar-refractivity contribution in [2.24, 2.45) is 17.4 Å². The van der Waals surface area contributed by atoms with E-state index in [-0.39, 0.29) is 17.5 Å². The lowest BCUT2D eigenvalue weighted by Gasteiger charge is -2.22. The number of unbranched alkanes of at least 4 members (excludes halogenated alkanes) is 22. The Labute approximate surface area is 281 Å². The van der Waals surface area contributed by atoms with Crippen molar-refractivity contribution >= 4 is 11.6 Å². The van der Waals surface area contributed by atoms with E-state index < -0.39 is 6.04 Å². The van der Waals surface area contributed by atoms with E-state index >= 15 is 0 Å². The molecule has 0 saturated heterocycles. The van der Waals surface area contributed by atoms with Crippen molar-refractivity contribution in [3.05, 3.63) is 24.3 Å². The molecule has 0 aliphatic carbocycles. The Bertz CT molecular complexity index is 702. The smallest absolute Gasteiger partial charge is 0.150 e. The first-order valence-corrected chi connectivity index (χ1v) is 19.9. The summed E-state index contributed by atoms with van der Waals surface area (Å²) in [6.45, 7) is 5.07. The molecular weight excluding hydrogens is 552 g/mol. The Balaban J connectivity index is 3.95. The van der Waals surface area contributed by atoms with Crippen LogP contribution in [0.5, 0.6) is 0 Å². The van der Waals surface area contributed by atoms with Crippen LogP contribution in [0.4, 0.5) is 0 Å². The van der Waals surface area contributed by atoms with Crippen molar-refractivity contribution in [2.75, 3.05) is 6.54 Å². The van der Waals surface area contributed by atoms with Crippen LogP contribution in [0, 0.1) is 5.92 Å². The fraction of sp³-hybridized carbons (Fsp3) is 0.854. The minimum atomic E-state index is -0.663. The van der Waals surface area contributed by atoms with Crippen molar-refractivity contribution < 1.29 is 9.59 Å². The molecule has 0 aromatic heterocycles. The van der Waals surface area contributed by atoms with Crippen LogP contribution in [-0.2, 0) is 9.59 Å². The second-order valence-electron chi connectivity index (χ2n) is 13.7. The Morgan fingerprint density at radius 3 is 1.18 bits per heavy atom. The summed E-state index contributed by atoms with van der Waals surface area (Å²) in [5.41, 5.74) is 12.1. The van der Waals surface area contributed by atoms with Gasteiger partial charge in [0.1, 0.15) is 11.6 Å². The molecule has 2 atom stereocenters. The second-order valence-corrected chi connectivity index (χ2v) is 13.7. The molecule has 0 spiro atoms. The molecule has 0 amide bonds. The average molecular weight is 631 g/mol. The van der Waals surface area contributed by atoms with E-state index in [1.165, 1.54) is 141 Å². The monoisotopic (exact) mass is 631 g/mol. The van der Waals surface area contributed by atoms with Gasteiger partial charge in [0, 0.05) is 18.8 Å². The molecular formula is C41H78N2O2. The van der Waals surface area contributed by atoms with Crippen LogP contribution >= 0.6 is 0 Å². The minimum absolute atomic E-state index is 0.0625.